The molecule has 3 heterocycles. The Morgan fingerprint density at radius 2 is 1.01 bits per heavy atom. The number of hydrogen-bond donors (Lipinski definition) is 2. The van der Waals surface area contributed by atoms with Gasteiger partial charge >= 0.3 is 0 Å². The van der Waals surface area contributed by atoms with E-state index in [1.807, 2.05) is 66.7 Å². The Morgan fingerprint density at radius 1 is 0.479 bits per heavy atom. The molecule has 0 aliphatic rings. The second-order valence-electron chi connectivity index (χ2n) is 23.4. The zero-order chi connectivity index (χ0) is 51.3. The summed E-state index contributed by atoms with van der Waals surface area (Å²) in [4.78, 5) is 10.2. The molecule has 11 rings (SSSR count). The van der Waals surface area contributed by atoms with Crippen molar-refractivity contribution in [2.24, 2.45) is 4.99 Å². The Balaban J connectivity index is 0.997. The van der Waals surface area contributed by atoms with Crippen LogP contribution in [0.1, 0.15) is 110 Å². The van der Waals surface area contributed by atoms with Crippen molar-refractivity contribution in [1.82, 2.24) is 14.1 Å². The van der Waals surface area contributed by atoms with Gasteiger partial charge in [0.05, 0.1) is 51.0 Å². The van der Waals surface area contributed by atoms with E-state index in [1.165, 1.54) is 43.8 Å². The van der Waals surface area contributed by atoms with Gasteiger partial charge in [-0.2, -0.15) is 0 Å². The molecule has 0 aliphatic heterocycles. The first-order valence-electron chi connectivity index (χ1n) is 25.6. The molecule has 3 aromatic heterocycles. The third-order valence-corrected chi connectivity index (χ3v) is 14.8. The molecular formula is C67H64N4O2. The number of phenolic OH excluding ortho intramolecular Hbond substituents is 2. The van der Waals surface area contributed by atoms with Gasteiger partial charge < -0.3 is 19.3 Å². The Morgan fingerprint density at radius 3 is 1.56 bits per heavy atom. The van der Waals surface area contributed by atoms with Gasteiger partial charge in [0.25, 0.3) is 0 Å². The van der Waals surface area contributed by atoms with Crippen molar-refractivity contribution >= 4 is 66.3 Å². The molecule has 0 aliphatic carbocycles. The maximum absolute atomic E-state index is 12.0. The highest BCUT2D eigenvalue weighted by Crippen LogP contribution is 2.43. The molecule has 0 radical (unpaired) electrons. The molecule has 0 spiro atoms. The van der Waals surface area contributed by atoms with E-state index in [0.29, 0.717) is 33.9 Å². The Kier molecular flexibility index (Phi) is 11.3. The normalized spacial score (nSPS) is 12.8. The zero-order valence-corrected chi connectivity index (χ0v) is 43.9. The largest absolute Gasteiger partial charge is 0.507 e. The fraction of sp³-hybridized carbons (Fsp3) is 0.224. The number of phenols is 2. The van der Waals surface area contributed by atoms with Gasteiger partial charge in [-0.3, -0.25) is 4.99 Å². The van der Waals surface area contributed by atoms with Crippen LogP contribution in [0.5, 0.6) is 11.5 Å². The van der Waals surface area contributed by atoms with Crippen molar-refractivity contribution in [3.8, 4) is 45.3 Å². The van der Waals surface area contributed by atoms with Crippen LogP contribution in [0, 0.1) is 0 Å². The highest BCUT2D eigenvalue weighted by Gasteiger charge is 2.23. The van der Waals surface area contributed by atoms with Gasteiger partial charge in [-0.1, -0.05) is 143 Å². The zero-order valence-electron chi connectivity index (χ0n) is 43.9. The summed E-state index contributed by atoms with van der Waals surface area (Å²) in [6.07, 6.45) is 1.76. The van der Waals surface area contributed by atoms with E-state index in [1.54, 1.807) is 6.21 Å². The summed E-state index contributed by atoms with van der Waals surface area (Å²) in [5.74, 6) is 0.658. The van der Waals surface area contributed by atoms with E-state index in [2.05, 4.69) is 182 Å². The summed E-state index contributed by atoms with van der Waals surface area (Å²) >= 11 is 0. The van der Waals surface area contributed by atoms with E-state index < -0.39 is 0 Å². The second kappa shape index (κ2) is 17.4. The van der Waals surface area contributed by atoms with E-state index in [0.717, 1.165) is 50.0 Å². The summed E-state index contributed by atoms with van der Waals surface area (Å²) in [5.41, 5.74) is 15.6. The lowest BCUT2D eigenvalue weighted by Gasteiger charge is -2.19. The van der Waals surface area contributed by atoms with Gasteiger partial charge in [-0.15, -0.1) is 0 Å². The summed E-state index contributed by atoms with van der Waals surface area (Å²) in [5, 5.41) is 30.4. The number of pyridine rings is 1. The van der Waals surface area contributed by atoms with Gasteiger partial charge in [-0.25, -0.2) is 4.98 Å². The van der Waals surface area contributed by atoms with Gasteiger partial charge in [-0.05, 0) is 146 Å². The SMILES string of the molecule is CC(C)c1ccc2c(c1)c1cc(C(C)(C)C)ccc1n2-c1ccc(-c2cc(-c3ccccc3)cc(C=Nc3cccc4cc(-n5c6ccc(C(C)(C)C)cc6c6cc(C(C)(C)C)ccc65)cc(O)c34)n2)c(O)c1. The predicted octanol–water partition coefficient (Wildman–Crippen LogP) is 17.9. The summed E-state index contributed by atoms with van der Waals surface area (Å²) in [7, 11) is 0. The summed E-state index contributed by atoms with van der Waals surface area (Å²) in [6.45, 7) is 24.8. The van der Waals surface area contributed by atoms with Crippen LogP contribution in [0.25, 0.3) is 88.1 Å². The lowest BCUT2D eigenvalue weighted by Crippen LogP contribution is -2.10. The fourth-order valence-corrected chi connectivity index (χ4v) is 10.6. The van der Waals surface area contributed by atoms with E-state index in [-0.39, 0.29) is 27.7 Å². The number of hydrogen-bond acceptors (Lipinski definition) is 4. The molecule has 0 bridgehead atoms. The van der Waals surface area contributed by atoms with Crippen molar-refractivity contribution in [1.29, 1.82) is 0 Å². The van der Waals surface area contributed by atoms with Gasteiger partial charge in [0, 0.05) is 50.3 Å². The minimum atomic E-state index is -0.0132. The average Bonchev–Trinajstić information content (AvgIpc) is 3.86. The first-order chi connectivity index (χ1) is 34.7. The molecule has 6 heteroatoms. The molecule has 0 unspecified atom stereocenters. The Hall–Kier alpha value is -7.96. The monoisotopic (exact) mass is 957 g/mol. The van der Waals surface area contributed by atoms with Crippen LogP contribution >= 0.6 is 0 Å². The van der Waals surface area contributed by atoms with Crippen LogP contribution in [0.4, 0.5) is 5.69 Å². The standard InChI is InChI=1S/C67H64N4O2/c1-40(2)42-20-26-58-52(32-42)53-34-45(65(3,4)5)21-27-59(53)70(58)49-24-25-51(62(72)37-49)57-33-44(41-16-13-12-14-17-41)30-48(69-57)39-68-56-19-15-18-43-31-50(38-63(73)64(43)56)71-60-28-22-46(66(6,7)8)35-54(60)55-36-47(67(9,10)11)23-29-61(55)71/h12-40,72-73H,1-11H3. The minimum absolute atomic E-state index is 0.00613. The molecule has 73 heavy (non-hydrogen) atoms. The van der Waals surface area contributed by atoms with Crippen molar-refractivity contribution in [2.45, 2.75) is 98.3 Å². The second-order valence-corrected chi connectivity index (χ2v) is 23.4. The maximum atomic E-state index is 12.0. The van der Waals surface area contributed by atoms with E-state index >= 15 is 0 Å². The average molecular weight is 957 g/mol. The van der Waals surface area contributed by atoms with Crippen molar-refractivity contribution in [3.63, 3.8) is 0 Å². The number of aromatic nitrogens is 3. The molecule has 2 N–H and O–H groups in total. The molecule has 364 valence electrons. The highest BCUT2D eigenvalue weighted by molar-refractivity contribution is 6.11. The minimum Gasteiger partial charge on any atom is -0.507 e. The number of rotatable bonds is 7. The smallest absolute Gasteiger partial charge is 0.127 e. The summed E-state index contributed by atoms with van der Waals surface area (Å²) < 4.78 is 4.53. The molecule has 11 aromatic rings. The predicted molar refractivity (Wildman–Crippen MR) is 309 cm³/mol. The van der Waals surface area contributed by atoms with Gasteiger partial charge in [0.1, 0.15) is 11.5 Å². The number of aliphatic imine (C=N–C) groups is 1. The number of fused-ring (bicyclic) bond motifs is 7. The summed E-state index contributed by atoms with van der Waals surface area (Å²) in [6, 6.07) is 57.2. The van der Waals surface area contributed by atoms with Gasteiger partial charge in [0.2, 0.25) is 0 Å². The van der Waals surface area contributed by atoms with Crippen LogP contribution in [-0.4, -0.2) is 30.5 Å². The van der Waals surface area contributed by atoms with Crippen LogP contribution in [0.3, 0.4) is 0 Å². The Labute approximate surface area is 429 Å². The van der Waals surface area contributed by atoms with Crippen LogP contribution < -0.4 is 0 Å². The lowest BCUT2D eigenvalue weighted by molar-refractivity contribution is 0.477. The first kappa shape index (κ1) is 47.4. The molecule has 0 fully saturated rings. The van der Waals surface area contributed by atoms with Crippen LogP contribution in [0.2, 0.25) is 0 Å². The molecule has 8 aromatic carbocycles. The van der Waals surface area contributed by atoms with Crippen molar-refractivity contribution < 1.29 is 10.2 Å². The fourth-order valence-electron chi connectivity index (χ4n) is 10.6. The maximum Gasteiger partial charge on any atom is 0.127 e. The molecule has 0 amide bonds. The molecule has 0 atom stereocenters. The van der Waals surface area contributed by atoms with Gasteiger partial charge in [0.15, 0.2) is 0 Å². The van der Waals surface area contributed by atoms with Crippen LogP contribution in [0.15, 0.2) is 169 Å². The Bertz CT molecular complexity index is 3950. The number of nitrogens with zero attached hydrogens (tertiary/aromatic N) is 4. The third kappa shape index (κ3) is 8.52. The molecular weight excluding hydrogens is 893 g/mol. The van der Waals surface area contributed by atoms with Crippen molar-refractivity contribution in [2.75, 3.05) is 0 Å². The van der Waals surface area contributed by atoms with E-state index in [4.69, 9.17) is 9.98 Å². The number of benzene rings is 8. The first-order valence-corrected chi connectivity index (χ1v) is 25.6. The lowest BCUT2D eigenvalue weighted by atomic mass is 9.85. The van der Waals surface area contributed by atoms with Crippen molar-refractivity contribution in [3.05, 3.63) is 192 Å². The quantitative estimate of drug-likeness (QED) is 0.156. The van der Waals surface area contributed by atoms with E-state index in [9.17, 15) is 10.2 Å². The third-order valence-electron chi connectivity index (χ3n) is 14.8. The highest BCUT2D eigenvalue weighted by atomic mass is 16.3. The topological polar surface area (TPSA) is 75.6 Å². The molecule has 6 nitrogen and oxygen atoms in total. The molecule has 0 saturated carbocycles. The number of aromatic hydroxyl groups is 2. The van der Waals surface area contributed by atoms with Crippen LogP contribution in [-0.2, 0) is 16.2 Å². The molecule has 0 saturated heterocycles.